The lowest BCUT2D eigenvalue weighted by molar-refractivity contribution is -0.113. The summed E-state index contributed by atoms with van der Waals surface area (Å²) in [7, 11) is 0. The molecule has 0 radical (unpaired) electrons. The van der Waals surface area contributed by atoms with Gasteiger partial charge in [0.15, 0.2) is 5.13 Å². The molecule has 0 saturated carbocycles. The Morgan fingerprint density at radius 2 is 1.81 bits per heavy atom. The van der Waals surface area contributed by atoms with E-state index in [2.05, 4.69) is 9.98 Å². The monoisotopic (exact) mass is 449 g/mol. The van der Waals surface area contributed by atoms with Crippen LogP contribution in [0.2, 0.25) is 5.02 Å². The van der Waals surface area contributed by atoms with Gasteiger partial charge in [0, 0.05) is 5.56 Å². The molecule has 0 spiro atoms. The fourth-order valence-corrected chi connectivity index (χ4v) is 4.34. The fraction of sp³-hybridized carbons (Fsp3) is 0. The summed E-state index contributed by atoms with van der Waals surface area (Å²) in [5.74, 6) is -0.323. The average molecular weight is 450 g/mol. The van der Waals surface area contributed by atoms with Gasteiger partial charge >= 0.3 is 0 Å². The molecule has 0 atom stereocenters. The van der Waals surface area contributed by atoms with Crippen LogP contribution in [0, 0.1) is 5.82 Å². The van der Waals surface area contributed by atoms with Crippen molar-refractivity contribution in [1.29, 1.82) is 0 Å². The Balaban J connectivity index is 1.64. The number of amidine groups is 1. The maximum Gasteiger partial charge on any atom is 0.284 e. The molecule has 1 aliphatic rings. The van der Waals surface area contributed by atoms with E-state index in [1.165, 1.54) is 40.5 Å². The maximum absolute atomic E-state index is 13.9. The van der Waals surface area contributed by atoms with Gasteiger partial charge in [-0.3, -0.25) is 4.79 Å². The van der Waals surface area contributed by atoms with Crippen LogP contribution < -0.4 is 4.90 Å². The van der Waals surface area contributed by atoms with Crippen molar-refractivity contribution in [1.82, 2.24) is 4.98 Å². The van der Waals surface area contributed by atoms with E-state index in [0.717, 1.165) is 11.1 Å². The number of anilines is 1. The molecule has 152 valence electrons. The lowest BCUT2D eigenvalue weighted by Crippen LogP contribution is -2.32. The first-order valence-corrected chi connectivity index (χ1v) is 10.4. The number of fused-ring (bicyclic) bond motifs is 1. The van der Waals surface area contributed by atoms with Gasteiger partial charge in [-0.25, -0.2) is 19.3 Å². The van der Waals surface area contributed by atoms with Gasteiger partial charge in [-0.05, 0) is 35.9 Å². The number of aromatic nitrogens is 1. The van der Waals surface area contributed by atoms with Crippen LogP contribution in [-0.2, 0) is 4.79 Å². The Morgan fingerprint density at radius 3 is 2.55 bits per heavy atom. The van der Waals surface area contributed by atoms with Crippen LogP contribution in [0.5, 0.6) is 5.75 Å². The smallest absolute Gasteiger partial charge is 0.284 e. The SMILES string of the molecule is O=C1/C(=C/c2ccc(O)cc2)N=C(c2ccccc2)N1c1nc2cc(Cl)c(F)cc2s1. The van der Waals surface area contributed by atoms with E-state index < -0.39 is 5.82 Å². The number of carbonyl (C=O) groups is 1. The van der Waals surface area contributed by atoms with Gasteiger partial charge < -0.3 is 5.11 Å². The molecule has 1 amide bonds. The molecule has 1 N–H and O–H groups in total. The van der Waals surface area contributed by atoms with Crippen molar-refractivity contribution >= 4 is 56.1 Å². The summed E-state index contributed by atoms with van der Waals surface area (Å²) in [5, 5.41) is 9.84. The van der Waals surface area contributed by atoms with Crippen molar-refractivity contribution in [3.63, 3.8) is 0 Å². The van der Waals surface area contributed by atoms with Crippen molar-refractivity contribution in [3.8, 4) is 5.75 Å². The van der Waals surface area contributed by atoms with E-state index in [-0.39, 0.29) is 22.4 Å². The van der Waals surface area contributed by atoms with Crippen molar-refractivity contribution in [2.45, 2.75) is 0 Å². The molecule has 1 aliphatic heterocycles. The van der Waals surface area contributed by atoms with Gasteiger partial charge in [-0.15, -0.1) is 0 Å². The number of hydrogen-bond acceptors (Lipinski definition) is 5. The summed E-state index contributed by atoms with van der Waals surface area (Å²) in [6.07, 6.45) is 1.65. The quantitative estimate of drug-likeness (QED) is 0.412. The second-order valence-corrected chi connectivity index (χ2v) is 8.21. The molecule has 0 fully saturated rings. The second kappa shape index (κ2) is 7.61. The Bertz CT molecular complexity index is 1340. The largest absolute Gasteiger partial charge is 0.508 e. The number of phenols is 1. The molecular formula is C23H13ClFN3O2S. The van der Waals surface area contributed by atoms with Crippen LogP contribution in [0.15, 0.2) is 77.4 Å². The van der Waals surface area contributed by atoms with Crippen LogP contribution in [0.3, 0.4) is 0 Å². The molecular weight excluding hydrogens is 437 g/mol. The van der Waals surface area contributed by atoms with Gasteiger partial charge in [0.2, 0.25) is 0 Å². The third kappa shape index (κ3) is 3.58. The number of rotatable bonds is 3. The van der Waals surface area contributed by atoms with Gasteiger partial charge in [-0.2, -0.15) is 0 Å². The van der Waals surface area contributed by atoms with Gasteiger partial charge in [0.05, 0.1) is 15.2 Å². The normalized spacial score (nSPS) is 15.2. The topological polar surface area (TPSA) is 65.8 Å². The average Bonchev–Trinajstić information content (AvgIpc) is 3.31. The minimum absolute atomic E-state index is 0.0260. The summed E-state index contributed by atoms with van der Waals surface area (Å²) >= 11 is 7.08. The number of nitrogens with zero attached hydrogens (tertiary/aromatic N) is 3. The predicted molar refractivity (Wildman–Crippen MR) is 121 cm³/mol. The lowest BCUT2D eigenvalue weighted by atomic mass is 10.2. The van der Waals surface area contributed by atoms with Crippen molar-refractivity contribution < 1.29 is 14.3 Å². The summed E-state index contributed by atoms with van der Waals surface area (Å²) < 4.78 is 14.5. The minimum atomic E-state index is -0.540. The highest BCUT2D eigenvalue weighted by Crippen LogP contribution is 2.35. The summed E-state index contributed by atoms with van der Waals surface area (Å²) in [4.78, 5) is 23.8. The van der Waals surface area contributed by atoms with Gasteiger partial charge in [0.25, 0.3) is 5.91 Å². The Kier molecular flexibility index (Phi) is 4.77. The highest BCUT2D eigenvalue weighted by molar-refractivity contribution is 7.22. The number of benzene rings is 3. The molecule has 2 heterocycles. The first kappa shape index (κ1) is 19.4. The lowest BCUT2D eigenvalue weighted by Gasteiger charge is -2.14. The Labute approximate surface area is 185 Å². The highest BCUT2D eigenvalue weighted by Gasteiger charge is 2.34. The van der Waals surface area contributed by atoms with E-state index in [4.69, 9.17) is 11.6 Å². The van der Waals surface area contributed by atoms with Gasteiger partial charge in [0.1, 0.15) is 23.1 Å². The van der Waals surface area contributed by atoms with Crippen molar-refractivity contribution in [3.05, 3.63) is 94.4 Å². The Morgan fingerprint density at radius 1 is 1.06 bits per heavy atom. The summed E-state index contributed by atoms with van der Waals surface area (Å²) in [6, 6.07) is 18.5. The molecule has 0 unspecified atom stereocenters. The minimum Gasteiger partial charge on any atom is -0.508 e. The fourth-order valence-electron chi connectivity index (χ4n) is 3.21. The molecule has 0 saturated heterocycles. The van der Waals surface area contributed by atoms with Crippen LogP contribution in [0.25, 0.3) is 16.3 Å². The van der Waals surface area contributed by atoms with Gasteiger partial charge in [-0.1, -0.05) is 65.4 Å². The number of aromatic hydroxyl groups is 1. The molecule has 4 aromatic rings. The van der Waals surface area contributed by atoms with Crippen molar-refractivity contribution in [2.24, 2.45) is 4.99 Å². The van der Waals surface area contributed by atoms with E-state index in [1.54, 1.807) is 18.2 Å². The van der Waals surface area contributed by atoms with E-state index in [9.17, 15) is 14.3 Å². The highest BCUT2D eigenvalue weighted by atomic mass is 35.5. The standard InChI is InChI=1S/C23H13ClFN3O2S/c24-16-11-18-20(12-17(16)25)31-23(27-18)28-21(14-4-2-1-3-5-14)26-19(22(28)30)10-13-6-8-15(29)9-7-13/h1-12,29H/b19-10-. The molecule has 0 bridgehead atoms. The molecule has 31 heavy (non-hydrogen) atoms. The van der Waals surface area contributed by atoms with E-state index in [0.29, 0.717) is 21.2 Å². The third-order valence-electron chi connectivity index (χ3n) is 4.70. The predicted octanol–water partition coefficient (Wildman–Crippen LogP) is 5.63. The first-order chi connectivity index (χ1) is 15.0. The van der Waals surface area contributed by atoms with Crippen LogP contribution in [0.1, 0.15) is 11.1 Å². The second-order valence-electron chi connectivity index (χ2n) is 6.79. The number of carbonyl (C=O) groups excluding carboxylic acids is 1. The van der Waals surface area contributed by atoms with Crippen LogP contribution in [-0.4, -0.2) is 21.8 Å². The Hall–Kier alpha value is -3.55. The molecule has 8 heteroatoms. The van der Waals surface area contributed by atoms with Crippen LogP contribution >= 0.6 is 22.9 Å². The van der Waals surface area contributed by atoms with Crippen LogP contribution in [0.4, 0.5) is 9.52 Å². The molecule has 1 aromatic heterocycles. The number of thiazole rings is 1. The molecule has 3 aromatic carbocycles. The number of halogens is 2. The zero-order valence-electron chi connectivity index (χ0n) is 15.8. The zero-order chi connectivity index (χ0) is 21.5. The van der Waals surface area contributed by atoms with E-state index >= 15 is 0 Å². The number of hydrogen-bond donors (Lipinski definition) is 1. The van der Waals surface area contributed by atoms with Crippen molar-refractivity contribution in [2.75, 3.05) is 4.90 Å². The maximum atomic E-state index is 13.9. The third-order valence-corrected chi connectivity index (χ3v) is 5.99. The molecule has 0 aliphatic carbocycles. The number of amides is 1. The number of aliphatic imine (C=N–C) groups is 1. The zero-order valence-corrected chi connectivity index (χ0v) is 17.4. The molecule has 5 nitrogen and oxygen atoms in total. The summed E-state index contributed by atoms with van der Waals surface area (Å²) in [5.41, 5.74) is 2.20. The summed E-state index contributed by atoms with van der Waals surface area (Å²) in [6.45, 7) is 0. The van der Waals surface area contributed by atoms with E-state index in [1.807, 2.05) is 30.3 Å². The number of phenolic OH excluding ortho intramolecular Hbond substituents is 1. The first-order valence-electron chi connectivity index (χ1n) is 9.24. The molecule has 5 rings (SSSR count).